The van der Waals surface area contributed by atoms with Crippen molar-refractivity contribution in [3.63, 3.8) is 0 Å². The summed E-state index contributed by atoms with van der Waals surface area (Å²) in [6, 6.07) is 9.72. The largest absolute Gasteiger partial charge is 0.334 e. The Morgan fingerprint density at radius 2 is 1.93 bits per heavy atom. The van der Waals surface area contributed by atoms with Crippen LogP contribution in [0.4, 0.5) is 9.93 Å². The zero-order chi connectivity index (χ0) is 19.1. The maximum atomic E-state index is 12.8. The molecule has 0 bridgehead atoms. The van der Waals surface area contributed by atoms with E-state index >= 15 is 0 Å². The monoisotopic (exact) mass is 386 g/mol. The standard InChI is InChI=1S/C20H26N4O2S/c1-15-14-27-19(22-15)23-18(25)13-24(17-10-6-3-7-11-17)20(26)21-12-16-8-4-2-5-9-16/h2,4-5,8-9,14,17H,3,6-7,10-13H2,1H3,(H,21,26)(H,22,23,25). The van der Waals surface area contributed by atoms with Gasteiger partial charge >= 0.3 is 6.03 Å². The molecule has 2 N–H and O–H groups in total. The number of nitrogens with one attached hydrogen (secondary N) is 2. The van der Waals surface area contributed by atoms with Crippen LogP contribution in [0.2, 0.25) is 0 Å². The molecule has 0 atom stereocenters. The van der Waals surface area contributed by atoms with Gasteiger partial charge in [0, 0.05) is 18.0 Å². The second-order valence-electron chi connectivity index (χ2n) is 6.91. The van der Waals surface area contributed by atoms with Crippen molar-refractivity contribution in [2.45, 2.75) is 51.6 Å². The van der Waals surface area contributed by atoms with Gasteiger partial charge in [0.05, 0.1) is 5.69 Å². The molecule has 0 saturated heterocycles. The van der Waals surface area contributed by atoms with Gasteiger partial charge in [0.1, 0.15) is 6.54 Å². The average molecular weight is 387 g/mol. The van der Waals surface area contributed by atoms with Crippen LogP contribution >= 0.6 is 11.3 Å². The van der Waals surface area contributed by atoms with Crippen LogP contribution < -0.4 is 10.6 Å². The summed E-state index contributed by atoms with van der Waals surface area (Å²) < 4.78 is 0. The van der Waals surface area contributed by atoms with Crippen molar-refractivity contribution >= 4 is 28.4 Å². The van der Waals surface area contributed by atoms with Gasteiger partial charge in [-0.05, 0) is 25.3 Å². The number of rotatable bonds is 6. The van der Waals surface area contributed by atoms with E-state index in [-0.39, 0.29) is 24.5 Å². The number of nitrogens with zero attached hydrogens (tertiary/aromatic N) is 2. The van der Waals surface area contributed by atoms with Gasteiger partial charge < -0.3 is 15.5 Å². The van der Waals surface area contributed by atoms with E-state index in [1.807, 2.05) is 42.6 Å². The Morgan fingerprint density at radius 1 is 1.19 bits per heavy atom. The molecule has 0 radical (unpaired) electrons. The third-order valence-electron chi connectivity index (χ3n) is 4.74. The zero-order valence-electron chi connectivity index (χ0n) is 15.6. The molecule has 1 aliphatic rings. The summed E-state index contributed by atoms with van der Waals surface area (Å²) in [5, 5.41) is 8.24. The van der Waals surface area contributed by atoms with Crippen molar-refractivity contribution < 1.29 is 9.59 Å². The number of thiazole rings is 1. The first-order valence-corrected chi connectivity index (χ1v) is 10.3. The lowest BCUT2D eigenvalue weighted by molar-refractivity contribution is -0.117. The van der Waals surface area contributed by atoms with Gasteiger partial charge in [-0.2, -0.15) is 0 Å². The smallest absolute Gasteiger partial charge is 0.318 e. The molecule has 1 fully saturated rings. The molecule has 1 aromatic carbocycles. The molecule has 2 aromatic rings. The van der Waals surface area contributed by atoms with Gasteiger partial charge in [-0.1, -0.05) is 49.6 Å². The number of carbonyl (C=O) groups is 2. The Labute approximate surface area is 164 Å². The van der Waals surface area contributed by atoms with E-state index in [2.05, 4.69) is 15.6 Å². The molecular formula is C20H26N4O2S. The molecule has 6 nitrogen and oxygen atoms in total. The number of urea groups is 1. The summed E-state index contributed by atoms with van der Waals surface area (Å²) in [6.07, 6.45) is 5.28. The first-order valence-electron chi connectivity index (χ1n) is 9.42. The van der Waals surface area contributed by atoms with E-state index in [0.717, 1.165) is 36.9 Å². The minimum absolute atomic E-state index is 0.0456. The summed E-state index contributed by atoms with van der Waals surface area (Å²) in [7, 11) is 0. The fourth-order valence-electron chi connectivity index (χ4n) is 3.36. The molecule has 0 aliphatic heterocycles. The molecule has 144 valence electrons. The van der Waals surface area contributed by atoms with Crippen molar-refractivity contribution in [1.82, 2.24) is 15.2 Å². The van der Waals surface area contributed by atoms with Crippen LogP contribution in [0.1, 0.15) is 43.4 Å². The lowest BCUT2D eigenvalue weighted by Crippen LogP contribution is -2.49. The predicted molar refractivity (Wildman–Crippen MR) is 108 cm³/mol. The number of carbonyl (C=O) groups excluding carboxylic acids is 2. The van der Waals surface area contributed by atoms with Crippen molar-refractivity contribution in [1.29, 1.82) is 0 Å². The van der Waals surface area contributed by atoms with Crippen molar-refractivity contribution in [3.8, 4) is 0 Å². The zero-order valence-corrected chi connectivity index (χ0v) is 16.4. The molecule has 1 aliphatic carbocycles. The summed E-state index contributed by atoms with van der Waals surface area (Å²) >= 11 is 1.39. The van der Waals surface area contributed by atoms with Crippen LogP contribution in [0, 0.1) is 6.92 Å². The molecule has 1 heterocycles. The van der Waals surface area contributed by atoms with E-state index in [0.29, 0.717) is 11.7 Å². The first-order chi connectivity index (χ1) is 13.1. The minimum Gasteiger partial charge on any atom is -0.334 e. The van der Waals surface area contributed by atoms with Crippen molar-refractivity contribution in [3.05, 3.63) is 47.0 Å². The van der Waals surface area contributed by atoms with Crippen LogP contribution in [-0.2, 0) is 11.3 Å². The second kappa shape index (κ2) is 9.50. The van der Waals surface area contributed by atoms with Crippen LogP contribution in [0.15, 0.2) is 35.7 Å². The van der Waals surface area contributed by atoms with Crippen molar-refractivity contribution in [2.24, 2.45) is 0 Å². The molecule has 0 unspecified atom stereocenters. The van der Waals surface area contributed by atoms with Gasteiger partial charge in [-0.25, -0.2) is 9.78 Å². The Morgan fingerprint density at radius 3 is 2.59 bits per heavy atom. The van der Waals surface area contributed by atoms with E-state index in [1.165, 1.54) is 17.8 Å². The summed E-state index contributed by atoms with van der Waals surface area (Å²) in [5.41, 5.74) is 1.91. The van der Waals surface area contributed by atoms with Crippen LogP contribution in [0.3, 0.4) is 0 Å². The number of anilines is 1. The molecule has 3 amide bonds. The highest BCUT2D eigenvalue weighted by molar-refractivity contribution is 7.13. The van der Waals surface area contributed by atoms with E-state index in [4.69, 9.17) is 0 Å². The lowest BCUT2D eigenvalue weighted by Gasteiger charge is -2.33. The third kappa shape index (κ3) is 5.79. The molecule has 1 aromatic heterocycles. The predicted octanol–water partition coefficient (Wildman–Crippen LogP) is 3.93. The quantitative estimate of drug-likeness (QED) is 0.790. The molecule has 0 spiro atoms. The molecule has 7 heteroatoms. The number of amides is 3. The minimum atomic E-state index is -0.204. The number of hydrogen-bond donors (Lipinski definition) is 2. The highest BCUT2D eigenvalue weighted by Gasteiger charge is 2.27. The van der Waals surface area contributed by atoms with E-state index < -0.39 is 0 Å². The summed E-state index contributed by atoms with van der Waals surface area (Å²) in [5.74, 6) is -0.204. The van der Waals surface area contributed by atoms with Gasteiger partial charge in [0.15, 0.2) is 5.13 Å². The average Bonchev–Trinajstić information content (AvgIpc) is 3.10. The Hall–Kier alpha value is -2.41. The SMILES string of the molecule is Cc1csc(NC(=O)CN(C(=O)NCc2ccccc2)C2CCCCC2)n1. The molecule has 1 saturated carbocycles. The Balaban J connectivity index is 1.62. The van der Waals surface area contributed by atoms with Gasteiger partial charge in [-0.3, -0.25) is 4.79 Å². The van der Waals surface area contributed by atoms with Crippen LogP contribution in [-0.4, -0.2) is 34.4 Å². The summed E-state index contributed by atoms with van der Waals surface area (Å²) in [6.45, 7) is 2.39. The molecule has 3 rings (SSSR count). The van der Waals surface area contributed by atoms with Crippen LogP contribution in [0.5, 0.6) is 0 Å². The van der Waals surface area contributed by atoms with Gasteiger partial charge in [0.2, 0.25) is 5.91 Å². The lowest BCUT2D eigenvalue weighted by atomic mass is 9.94. The number of aryl methyl sites for hydroxylation is 1. The first kappa shape index (κ1) is 19.4. The maximum Gasteiger partial charge on any atom is 0.318 e. The Bertz CT molecular complexity index is 756. The summed E-state index contributed by atoms with van der Waals surface area (Å²) in [4.78, 5) is 31.3. The maximum absolute atomic E-state index is 12.8. The van der Waals surface area contributed by atoms with E-state index in [9.17, 15) is 9.59 Å². The molecular weight excluding hydrogens is 360 g/mol. The highest BCUT2D eigenvalue weighted by atomic mass is 32.1. The fraction of sp³-hybridized carbons (Fsp3) is 0.450. The number of aromatic nitrogens is 1. The normalized spacial score (nSPS) is 14.6. The molecule has 27 heavy (non-hydrogen) atoms. The van der Waals surface area contributed by atoms with Crippen molar-refractivity contribution in [2.75, 3.05) is 11.9 Å². The Kier molecular flexibility index (Phi) is 6.81. The van der Waals surface area contributed by atoms with Gasteiger partial charge in [0.25, 0.3) is 0 Å². The topological polar surface area (TPSA) is 74.3 Å². The fourth-order valence-corrected chi connectivity index (χ4v) is 4.06. The van der Waals surface area contributed by atoms with Crippen LogP contribution in [0.25, 0.3) is 0 Å². The highest BCUT2D eigenvalue weighted by Crippen LogP contribution is 2.23. The number of benzene rings is 1. The van der Waals surface area contributed by atoms with E-state index in [1.54, 1.807) is 4.90 Å². The third-order valence-corrected chi connectivity index (χ3v) is 5.62. The van der Waals surface area contributed by atoms with Gasteiger partial charge in [-0.15, -0.1) is 11.3 Å². The second-order valence-corrected chi connectivity index (χ2v) is 7.76. The number of hydrogen-bond acceptors (Lipinski definition) is 4.